The molecule has 1 aromatic heterocycles. The Morgan fingerprint density at radius 3 is 2.56 bits per heavy atom. The topological polar surface area (TPSA) is 42.7 Å². The number of hydrogen-bond acceptors (Lipinski definition) is 3. The van der Waals surface area contributed by atoms with Gasteiger partial charge in [-0.05, 0) is 42.7 Å². The minimum absolute atomic E-state index is 0.103. The van der Waals surface area contributed by atoms with Gasteiger partial charge in [0, 0.05) is 19.2 Å². The number of ether oxygens (including phenoxy) is 1. The van der Waals surface area contributed by atoms with Crippen LogP contribution >= 0.6 is 0 Å². The van der Waals surface area contributed by atoms with Crippen LogP contribution in [0.5, 0.6) is 11.7 Å². The first-order chi connectivity index (χ1) is 12.2. The smallest absolute Gasteiger partial charge is 0.290 e. The van der Waals surface area contributed by atoms with Crippen LogP contribution < -0.4 is 4.74 Å². The molecule has 0 atom stereocenters. The summed E-state index contributed by atoms with van der Waals surface area (Å²) in [6.07, 6.45) is 0.870. The maximum atomic E-state index is 12.7. The van der Waals surface area contributed by atoms with Gasteiger partial charge in [-0.25, -0.2) is 0 Å². The van der Waals surface area contributed by atoms with Gasteiger partial charge >= 0.3 is 0 Å². The van der Waals surface area contributed by atoms with Crippen molar-refractivity contribution in [3.63, 3.8) is 0 Å². The molecule has 2 heterocycles. The molecule has 1 aliphatic heterocycles. The molecule has 0 saturated carbocycles. The molecule has 2 aromatic carbocycles. The lowest BCUT2D eigenvalue weighted by molar-refractivity contribution is 0.0697. The first-order valence-corrected chi connectivity index (χ1v) is 8.39. The van der Waals surface area contributed by atoms with Gasteiger partial charge < -0.3 is 14.1 Å². The molecule has 0 radical (unpaired) electrons. The second-order valence-corrected chi connectivity index (χ2v) is 6.28. The summed E-state index contributed by atoms with van der Waals surface area (Å²) in [6.45, 7) is 3.33. The molecule has 0 unspecified atom stereocenters. The van der Waals surface area contributed by atoms with Gasteiger partial charge in [0.15, 0.2) is 5.76 Å². The Labute approximate surface area is 146 Å². The molecule has 126 valence electrons. The average molecular weight is 333 g/mol. The molecule has 0 aliphatic carbocycles. The van der Waals surface area contributed by atoms with E-state index < -0.39 is 0 Å². The fourth-order valence-corrected chi connectivity index (χ4v) is 3.04. The average Bonchev–Trinajstić information content (AvgIpc) is 3.11. The highest BCUT2D eigenvalue weighted by Crippen LogP contribution is 2.26. The van der Waals surface area contributed by atoms with Crippen LogP contribution in [-0.2, 0) is 13.0 Å². The van der Waals surface area contributed by atoms with E-state index in [9.17, 15) is 4.79 Å². The van der Waals surface area contributed by atoms with E-state index in [0.717, 1.165) is 12.0 Å². The number of carbonyl (C=O) groups excluding carboxylic acids is 1. The van der Waals surface area contributed by atoms with Crippen molar-refractivity contribution < 1.29 is 13.9 Å². The molecule has 0 saturated heterocycles. The van der Waals surface area contributed by atoms with E-state index in [1.54, 1.807) is 12.1 Å². The number of rotatable bonds is 3. The highest BCUT2D eigenvalue weighted by Gasteiger charge is 2.24. The fourth-order valence-electron chi connectivity index (χ4n) is 3.04. The van der Waals surface area contributed by atoms with Crippen LogP contribution in [0.3, 0.4) is 0 Å². The van der Waals surface area contributed by atoms with Crippen LogP contribution in [0.25, 0.3) is 0 Å². The number of benzene rings is 2. The SMILES string of the molecule is Cc1ccc(Oc2ccc(C(=O)N3CCc4ccccc4C3)o2)cc1. The summed E-state index contributed by atoms with van der Waals surface area (Å²) in [7, 11) is 0. The summed E-state index contributed by atoms with van der Waals surface area (Å²) in [5, 5.41) is 0. The molecule has 4 heteroatoms. The second kappa shape index (κ2) is 6.48. The van der Waals surface area contributed by atoms with Crippen molar-refractivity contribution in [2.24, 2.45) is 0 Å². The Kier molecular flexibility index (Phi) is 4.02. The number of fused-ring (bicyclic) bond motifs is 1. The lowest BCUT2D eigenvalue weighted by Gasteiger charge is -2.28. The largest absolute Gasteiger partial charge is 0.426 e. The summed E-state index contributed by atoms with van der Waals surface area (Å²) < 4.78 is 11.3. The van der Waals surface area contributed by atoms with Gasteiger partial charge in [0.05, 0.1) is 0 Å². The number of nitrogens with zero attached hydrogens (tertiary/aromatic N) is 1. The molecule has 3 aromatic rings. The van der Waals surface area contributed by atoms with Crippen molar-refractivity contribution in [2.45, 2.75) is 19.9 Å². The van der Waals surface area contributed by atoms with Crippen LogP contribution in [-0.4, -0.2) is 17.4 Å². The van der Waals surface area contributed by atoms with Crippen LogP contribution in [0.1, 0.15) is 27.2 Å². The van der Waals surface area contributed by atoms with E-state index in [1.165, 1.54) is 11.1 Å². The summed E-state index contributed by atoms with van der Waals surface area (Å²) in [6, 6.07) is 19.3. The lowest BCUT2D eigenvalue weighted by Crippen LogP contribution is -2.35. The third kappa shape index (κ3) is 3.29. The van der Waals surface area contributed by atoms with Crippen molar-refractivity contribution in [1.82, 2.24) is 4.90 Å². The van der Waals surface area contributed by atoms with Gasteiger partial charge in [-0.2, -0.15) is 0 Å². The molecule has 0 fully saturated rings. The Hall–Kier alpha value is -3.01. The Morgan fingerprint density at radius 2 is 1.76 bits per heavy atom. The van der Waals surface area contributed by atoms with Crippen molar-refractivity contribution in [1.29, 1.82) is 0 Å². The second-order valence-electron chi connectivity index (χ2n) is 6.28. The number of amides is 1. The Balaban J connectivity index is 1.47. The maximum Gasteiger partial charge on any atom is 0.290 e. The Bertz CT molecular complexity index is 896. The van der Waals surface area contributed by atoms with Crippen molar-refractivity contribution in [2.75, 3.05) is 6.54 Å². The van der Waals surface area contributed by atoms with Crippen molar-refractivity contribution in [3.8, 4) is 11.7 Å². The predicted molar refractivity (Wildman–Crippen MR) is 94.8 cm³/mol. The number of aryl methyl sites for hydroxylation is 1. The van der Waals surface area contributed by atoms with Gasteiger partial charge in [-0.3, -0.25) is 4.79 Å². The highest BCUT2D eigenvalue weighted by molar-refractivity contribution is 5.91. The zero-order valence-corrected chi connectivity index (χ0v) is 14.1. The fraction of sp³-hybridized carbons (Fsp3) is 0.190. The summed E-state index contributed by atoms with van der Waals surface area (Å²) in [5.41, 5.74) is 3.67. The predicted octanol–water partition coefficient (Wildman–Crippen LogP) is 4.58. The van der Waals surface area contributed by atoms with Gasteiger partial charge in [0.25, 0.3) is 11.9 Å². The van der Waals surface area contributed by atoms with E-state index in [4.69, 9.17) is 9.15 Å². The van der Waals surface area contributed by atoms with Crippen LogP contribution in [0.15, 0.2) is 65.1 Å². The van der Waals surface area contributed by atoms with E-state index in [1.807, 2.05) is 48.2 Å². The monoisotopic (exact) mass is 333 g/mol. The third-order valence-corrected chi connectivity index (χ3v) is 4.45. The maximum absolute atomic E-state index is 12.7. The molecule has 4 rings (SSSR count). The van der Waals surface area contributed by atoms with E-state index >= 15 is 0 Å². The normalized spacial score (nSPS) is 13.4. The molecule has 0 spiro atoms. The molecule has 25 heavy (non-hydrogen) atoms. The standard InChI is InChI=1S/C21H19NO3/c1-15-6-8-18(9-7-15)24-20-11-10-19(25-20)21(23)22-13-12-16-4-2-3-5-17(16)14-22/h2-11H,12-14H2,1H3. The lowest BCUT2D eigenvalue weighted by atomic mass is 10.00. The van der Waals surface area contributed by atoms with Crippen molar-refractivity contribution >= 4 is 5.91 Å². The summed E-state index contributed by atoms with van der Waals surface area (Å²) in [5.74, 6) is 1.21. The molecule has 0 bridgehead atoms. The summed E-state index contributed by atoms with van der Waals surface area (Å²) >= 11 is 0. The first-order valence-electron chi connectivity index (χ1n) is 8.39. The van der Waals surface area contributed by atoms with Crippen LogP contribution in [0, 0.1) is 6.92 Å². The highest BCUT2D eigenvalue weighted by atomic mass is 16.6. The van der Waals surface area contributed by atoms with Gasteiger partial charge in [0.2, 0.25) is 0 Å². The third-order valence-electron chi connectivity index (χ3n) is 4.45. The Morgan fingerprint density at radius 1 is 1.00 bits per heavy atom. The first kappa shape index (κ1) is 15.5. The van der Waals surface area contributed by atoms with Crippen LogP contribution in [0.2, 0.25) is 0 Å². The molecule has 0 N–H and O–H groups in total. The molecule has 1 aliphatic rings. The number of hydrogen-bond donors (Lipinski definition) is 0. The molecule has 4 nitrogen and oxygen atoms in total. The van der Waals surface area contributed by atoms with E-state index in [2.05, 4.69) is 12.1 Å². The minimum atomic E-state index is -0.103. The van der Waals surface area contributed by atoms with Crippen molar-refractivity contribution in [3.05, 3.63) is 83.1 Å². The molecule has 1 amide bonds. The van der Waals surface area contributed by atoms with Gasteiger partial charge in [-0.15, -0.1) is 0 Å². The van der Waals surface area contributed by atoms with Gasteiger partial charge in [-0.1, -0.05) is 42.0 Å². The zero-order valence-electron chi connectivity index (χ0n) is 14.1. The summed E-state index contributed by atoms with van der Waals surface area (Å²) in [4.78, 5) is 14.5. The van der Waals surface area contributed by atoms with Gasteiger partial charge in [0.1, 0.15) is 5.75 Å². The zero-order chi connectivity index (χ0) is 17.2. The molecular weight excluding hydrogens is 314 g/mol. The van der Waals surface area contributed by atoms with E-state index in [-0.39, 0.29) is 5.91 Å². The number of furan rings is 1. The van der Waals surface area contributed by atoms with Crippen LogP contribution in [0.4, 0.5) is 0 Å². The minimum Gasteiger partial charge on any atom is -0.426 e. The van der Waals surface area contributed by atoms with E-state index in [0.29, 0.717) is 30.5 Å². The molecular formula is C21H19NO3. The number of carbonyl (C=O) groups is 1. The quantitative estimate of drug-likeness (QED) is 0.704.